The van der Waals surface area contributed by atoms with Crippen LogP contribution in [0.2, 0.25) is 0 Å². The first-order valence-corrected chi connectivity index (χ1v) is 26.8. The molecule has 0 aromatic heterocycles. The van der Waals surface area contributed by atoms with E-state index < -0.39 is 20.2 Å². The minimum absolute atomic E-state index is 0. The molecule has 0 unspecified atom stereocenters. The van der Waals surface area contributed by atoms with E-state index in [0.717, 1.165) is 96.9 Å². The zero-order chi connectivity index (χ0) is 43.6. The predicted octanol–water partition coefficient (Wildman–Crippen LogP) is 14.7. The van der Waals surface area contributed by atoms with Crippen molar-refractivity contribution in [2.24, 2.45) is 0 Å². The van der Waals surface area contributed by atoms with Crippen LogP contribution in [-0.4, -0.2) is 63.7 Å². The third-order valence-corrected chi connectivity index (χ3v) is 13.6. The topological polar surface area (TPSA) is 114 Å². The summed E-state index contributed by atoms with van der Waals surface area (Å²) in [4.78, 5) is -0.180. The fourth-order valence-electron chi connectivity index (χ4n) is 8.36. The first-order chi connectivity index (χ1) is 28.9. The molecule has 6 nitrogen and oxygen atoms in total. The summed E-state index contributed by atoms with van der Waals surface area (Å²) in [5.74, 6) is 0. The van der Waals surface area contributed by atoms with Gasteiger partial charge in [-0.3, -0.25) is 0 Å². The molecule has 0 radical (unpaired) electrons. The number of benzene rings is 4. The molecule has 4 aromatic rings. The van der Waals surface area contributed by atoms with Crippen molar-refractivity contribution >= 4 is 79.5 Å². The van der Waals surface area contributed by atoms with Crippen molar-refractivity contribution in [1.82, 2.24) is 0 Å². The van der Waals surface area contributed by atoms with Crippen molar-refractivity contribution in [3.05, 3.63) is 82.9 Å². The maximum atomic E-state index is 11.7. The quantitative estimate of drug-likeness (QED) is 0.0292. The molecule has 0 fully saturated rings. The van der Waals surface area contributed by atoms with Gasteiger partial charge in [0.15, 0.2) is 0 Å². The summed E-state index contributed by atoms with van der Waals surface area (Å²) in [7, 11) is -8.90. The van der Waals surface area contributed by atoms with Crippen molar-refractivity contribution in [3.8, 4) is 0 Å². The minimum Gasteiger partial charge on any atom is -0.744 e. The Hall–Kier alpha value is -1.52. The van der Waals surface area contributed by atoms with Crippen molar-refractivity contribution in [2.45, 2.75) is 217 Å². The molecule has 0 N–H and O–H groups in total. The molecule has 0 aliphatic rings. The Balaban J connectivity index is 0.000000413. The third kappa shape index (κ3) is 21.8. The third-order valence-electron chi connectivity index (χ3n) is 12.0. The molecule has 61 heavy (non-hydrogen) atoms. The molecule has 0 heterocycles. The van der Waals surface area contributed by atoms with Gasteiger partial charge in [-0.2, -0.15) is 0 Å². The van der Waals surface area contributed by atoms with Gasteiger partial charge in [0.05, 0.1) is 9.79 Å². The summed E-state index contributed by atoms with van der Waals surface area (Å²) in [6, 6.07) is 19.1. The molecule has 0 bridgehead atoms. The van der Waals surface area contributed by atoms with E-state index in [1.807, 2.05) is 0 Å². The molecule has 0 saturated heterocycles. The van der Waals surface area contributed by atoms with Crippen LogP contribution in [0, 0.1) is 0 Å². The van der Waals surface area contributed by atoms with Crippen LogP contribution in [0.4, 0.5) is 0 Å². The second-order valence-corrected chi connectivity index (χ2v) is 20.0. The van der Waals surface area contributed by atoms with Crippen LogP contribution in [0.25, 0.3) is 21.5 Å². The fourth-order valence-corrected chi connectivity index (χ4v) is 9.48. The van der Waals surface area contributed by atoms with Crippen LogP contribution in [0.3, 0.4) is 0 Å². The Morgan fingerprint density at radius 2 is 0.639 bits per heavy atom. The van der Waals surface area contributed by atoms with E-state index in [0.29, 0.717) is 0 Å². The average Bonchev–Trinajstić information content (AvgIpc) is 3.22. The number of rotatable bonds is 30. The van der Waals surface area contributed by atoms with E-state index in [-0.39, 0.29) is 47.5 Å². The van der Waals surface area contributed by atoms with E-state index >= 15 is 0 Å². The van der Waals surface area contributed by atoms with Crippen molar-refractivity contribution in [2.75, 3.05) is 0 Å². The number of fused-ring (bicyclic) bond motifs is 2. The smallest absolute Gasteiger partial charge is 0.744 e. The summed E-state index contributed by atoms with van der Waals surface area (Å²) in [5, 5.41) is 3.94. The van der Waals surface area contributed by atoms with Gasteiger partial charge in [-0.25, -0.2) is 16.8 Å². The monoisotopic (exact) mass is 902 g/mol. The first-order valence-electron chi connectivity index (χ1n) is 23.9. The molecule has 0 atom stereocenters. The Morgan fingerprint density at radius 3 is 0.934 bits per heavy atom. The molecular formula is C52H78CaO6S2. The van der Waals surface area contributed by atoms with Crippen LogP contribution >= 0.6 is 0 Å². The largest absolute Gasteiger partial charge is 2.00 e. The molecule has 336 valence electrons. The van der Waals surface area contributed by atoms with Gasteiger partial charge >= 0.3 is 37.7 Å². The normalized spacial score (nSPS) is 11.8. The second kappa shape index (κ2) is 31.4. The molecular weight excluding hydrogens is 825 g/mol. The summed E-state index contributed by atoms with van der Waals surface area (Å²) in [6.07, 6.45) is 33.0. The van der Waals surface area contributed by atoms with Crippen molar-refractivity contribution in [1.29, 1.82) is 0 Å². The zero-order valence-corrected chi connectivity index (χ0v) is 42.4. The fraction of sp³-hybridized carbons (Fsp3) is 0.615. The van der Waals surface area contributed by atoms with E-state index in [9.17, 15) is 25.9 Å². The van der Waals surface area contributed by atoms with Gasteiger partial charge in [-0.05, 0) is 119 Å². The molecule has 0 aliphatic carbocycles. The molecule has 0 amide bonds. The van der Waals surface area contributed by atoms with Crippen LogP contribution in [0.5, 0.6) is 0 Å². The van der Waals surface area contributed by atoms with E-state index in [4.69, 9.17) is 0 Å². The molecule has 9 heteroatoms. The second-order valence-electron chi connectivity index (χ2n) is 17.3. The van der Waals surface area contributed by atoms with Gasteiger partial charge in [-0.15, -0.1) is 0 Å². The van der Waals surface area contributed by atoms with Crippen LogP contribution in [-0.2, 0) is 45.9 Å². The first kappa shape index (κ1) is 55.6. The molecule has 0 saturated carbocycles. The minimum atomic E-state index is -4.45. The van der Waals surface area contributed by atoms with Gasteiger partial charge < -0.3 is 9.11 Å². The summed E-state index contributed by atoms with van der Waals surface area (Å²) < 4.78 is 70.2. The number of aryl methyl sites for hydroxylation is 4. The van der Waals surface area contributed by atoms with Gasteiger partial charge in [-0.1, -0.05) is 193 Å². The molecule has 4 rings (SSSR count). The Morgan fingerprint density at radius 1 is 0.361 bits per heavy atom. The van der Waals surface area contributed by atoms with Gasteiger partial charge in [0.25, 0.3) is 0 Å². The molecule has 4 aromatic carbocycles. The summed E-state index contributed by atoms with van der Waals surface area (Å²) in [5.41, 5.74) is 4.43. The predicted molar refractivity (Wildman–Crippen MR) is 258 cm³/mol. The van der Waals surface area contributed by atoms with E-state index in [1.54, 1.807) is 24.3 Å². The Labute approximate surface area is 402 Å². The standard InChI is InChI=1S/2C26H40O3S.Ca/c2*1-3-5-7-9-11-13-15-22-17-18-26-23(16-14-12-10-8-6-4-2)20-25(30(27,28)29)21-24(26)19-22;/h2*17-21H,3-16H2,1-2H3,(H,27,28,29);/q;;+2/p-2. The van der Waals surface area contributed by atoms with E-state index in [1.165, 1.54) is 127 Å². The Kier molecular flexibility index (Phi) is 28.6. The van der Waals surface area contributed by atoms with Gasteiger partial charge in [0.2, 0.25) is 0 Å². The zero-order valence-electron chi connectivity index (χ0n) is 38.5. The molecule has 0 spiro atoms. The van der Waals surface area contributed by atoms with Crippen LogP contribution in [0.15, 0.2) is 70.5 Å². The van der Waals surface area contributed by atoms with Crippen molar-refractivity contribution in [3.63, 3.8) is 0 Å². The molecule has 0 aliphatic heterocycles. The summed E-state index contributed by atoms with van der Waals surface area (Å²) >= 11 is 0. The maximum Gasteiger partial charge on any atom is 2.00 e. The van der Waals surface area contributed by atoms with Crippen LogP contribution in [0.1, 0.15) is 204 Å². The van der Waals surface area contributed by atoms with E-state index in [2.05, 4.69) is 64.1 Å². The van der Waals surface area contributed by atoms with Crippen molar-refractivity contribution < 1.29 is 25.9 Å². The SMILES string of the molecule is CCCCCCCCc1ccc2c(CCCCCCCC)cc(S(=O)(=O)[O-])cc2c1.CCCCCCCCc1ccc2c(CCCCCCCC)cc(S(=O)(=O)[O-])cc2c1.[Ca+2]. The number of unbranched alkanes of at least 4 members (excludes halogenated alkanes) is 20. The number of hydrogen-bond donors (Lipinski definition) is 0. The average molecular weight is 903 g/mol. The Bertz CT molecular complexity index is 1900. The van der Waals surface area contributed by atoms with Gasteiger partial charge in [0, 0.05) is 0 Å². The maximum absolute atomic E-state index is 11.7. The number of hydrogen-bond acceptors (Lipinski definition) is 6. The van der Waals surface area contributed by atoms with Crippen LogP contribution < -0.4 is 0 Å². The van der Waals surface area contributed by atoms with Gasteiger partial charge in [0.1, 0.15) is 20.2 Å². The summed E-state index contributed by atoms with van der Waals surface area (Å²) in [6.45, 7) is 8.88.